The number of hydrogen-bond acceptors (Lipinski definition) is 2. The molecule has 0 saturated heterocycles. The van der Waals surface area contributed by atoms with Crippen LogP contribution < -0.4 is 21.9 Å². The highest BCUT2D eigenvalue weighted by Gasteiger charge is 2.32. The van der Waals surface area contributed by atoms with Crippen molar-refractivity contribution in [3.63, 3.8) is 0 Å². The van der Waals surface area contributed by atoms with Crippen molar-refractivity contribution in [2.75, 3.05) is 0 Å². The topological polar surface area (TPSA) is 112 Å². The molecule has 0 saturated carbocycles. The van der Waals surface area contributed by atoms with Gasteiger partial charge in [0, 0.05) is 4.47 Å². The van der Waals surface area contributed by atoms with Crippen molar-refractivity contribution in [2.45, 2.75) is 6.36 Å². The van der Waals surface area contributed by atoms with Crippen LogP contribution in [0.15, 0.2) is 32.7 Å². The van der Waals surface area contributed by atoms with E-state index in [2.05, 4.69) is 30.7 Å². The van der Waals surface area contributed by atoms with Gasteiger partial charge < -0.3 is 21.9 Å². The van der Waals surface area contributed by atoms with Crippen LogP contribution in [0.3, 0.4) is 0 Å². The number of guanidine groups is 2. The molecule has 0 aliphatic heterocycles. The minimum absolute atomic E-state index is 0.164. The Balaban J connectivity index is 3.17. The fourth-order valence-corrected chi connectivity index (χ4v) is 1.41. The number of hydrogen-bond donors (Lipinski definition) is 3. The summed E-state index contributed by atoms with van der Waals surface area (Å²) in [6, 6.07) is 3.82. The largest absolute Gasteiger partial charge is 0.573 e. The van der Waals surface area contributed by atoms with E-state index in [0.717, 1.165) is 6.07 Å². The lowest BCUT2D eigenvalue weighted by atomic mass is 10.3. The maximum atomic E-state index is 12.2. The summed E-state index contributed by atoms with van der Waals surface area (Å²) in [5.74, 6) is -1.29. The summed E-state index contributed by atoms with van der Waals surface area (Å²) in [7, 11) is 0. The monoisotopic (exact) mass is 339 g/mol. The number of alkyl halides is 3. The standard InChI is InChI=1S/C9H9BrF3N5O/c10-4-1-2-5(17-8(16)18-7(14)15)6(3-4)19-9(11,12)13/h1-3H,(H6,14,15,16,17,18). The summed E-state index contributed by atoms with van der Waals surface area (Å²) in [6.07, 6.45) is -4.85. The van der Waals surface area contributed by atoms with Crippen molar-refractivity contribution >= 4 is 33.5 Å². The number of halogens is 4. The average molecular weight is 340 g/mol. The van der Waals surface area contributed by atoms with E-state index in [0.29, 0.717) is 4.47 Å². The van der Waals surface area contributed by atoms with Crippen molar-refractivity contribution in [3.05, 3.63) is 22.7 Å². The van der Waals surface area contributed by atoms with Crippen LogP contribution >= 0.6 is 15.9 Å². The third-order valence-corrected chi connectivity index (χ3v) is 2.12. The Bertz CT molecular complexity index is 525. The van der Waals surface area contributed by atoms with Crippen molar-refractivity contribution < 1.29 is 17.9 Å². The molecule has 0 fully saturated rings. The van der Waals surface area contributed by atoms with Crippen LogP contribution in [0, 0.1) is 0 Å². The minimum atomic E-state index is -4.85. The summed E-state index contributed by atoms with van der Waals surface area (Å²) in [6.45, 7) is 0. The van der Waals surface area contributed by atoms with E-state index >= 15 is 0 Å². The quantitative estimate of drug-likeness (QED) is 0.560. The summed E-state index contributed by atoms with van der Waals surface area (Å²) in [5, 5.41) is 0. The van der Waals surface area contributed by atoms with Gasteiger partial charge in [-0.2, -0.15) is 4.99 Å². The molecule has 6 N–H and O–H groups in total. The van der Waals surface area contributed by atoms with Gasteiger partial charge in [0.25, 0.3) is 0 Å². The zero-order chi connectivity index (χ0) is 14.6. The molecule has 1 aromatic carbocycles. The summed E-state index contributed by atoms with van der Waals surface area (Å²) in [5.41, 5.74) is 15.3. The summed E-state index contributed by atoms with van der Waals surface area (Å²) >= 11 is 3.02. The van der Waals surface area contributed by atoms with E-state index in [-0.39, 0.29) is 11.6 Å². The Kier molecular flexibility index (Phi) is 4.59. The number of ether oxygens (including phenoxy) is 1. The Hall–Kier alpha value is -1.97. The second-order valence-electron chi connectivity index (χ2n) is 3.17. The molecule has 0 spiro atoms. The number of benzene rings is 1. The Morgan fingerprint density at radius 3 is 2.37 bits per heavy atom. The van der Waals surface area contributed by atoms with Crippen molar-refractivity contribution in [1.82, 2.24) is 0 Å². The maximum Gasteiger partial charge on any atom is 0.573 e. The zero-order valence-corrected chi connectivity index (χ0v) is 10.9. The summed E-state index contributed by atoms with van der Waals surface area (Å²) < 4.78 is 40.8. The molecular formula is C9H9BrF3N5O. The van der Waals surface area contributed by atoms with E-state index in [1.807, 2.05) is 0 Å². The first-order chi connectivity index (χ1) is 8.67. The molecule has 0 aromatic heterocycles. The molecule has 0 unspecified atom stereocenters. The third kappa shape index (κ3) is 5.46. The van der Waals surface area contributed by atoms with Gasteiger partial charge in [0.1, 0.15) is 5.69 Å². The van der Waals surface area contributed by atoms with E-state index in [1.165, 1.54) is 12.1 Å². The average Bonchev–Trinajstić information content (AvgIpc) is 2.18. The van der Waals surface area contributed by atoms with Crippen molar-refractivity contribution in [3.8, 4) is 5.75 Å². The zero-order valence-electron chi connectivity index (χ0n) is 9.28. The smallest absolute Gasteiger partial charge is 0.403 e. The molecule has 19 heavy (non-hydrogen) atoms. The van der Waals surface area contributed by atoms with E-state index in [9.17, 15) is 13.2 Å². The highest BCUT2D eigenvalue weighted by molar-refractivity contribution is 9.10. The molecule has 0 radical (unpaired) electrons. The fourth-order valence-electron chi connectivity index (χ4n) is 1.07. The molecule has 104 valence electrons. The summed E-state index contributed by atoms with van der Waals surface area (Å²) in [4.78, 5) is 7.01. The van der Waals surface area contributed by atoms with Crippen LogP contribution in [0.5, 0.6) is 5.75 Å². The predicted molar refractivity (Wildman–Crippen MR) is 67.9 cm³/mol. The van der Waals surface area contributed by atoms with Gasteiger partial charge >= 0.3 is 6.36 Å². The molecule has 0 heterocycles. The third-order valence-electron chi connectivity index (χ3n) is 1.63. The van der Waals surface area contributed by atoms with Gasteiger partial charge in [-0.15, -0.1) is 13.2 Å². The van der Waals surface area contributed by atoms with E-state index in [1.54, 1.807) is 0 Å². The van der Waals surface area contributed by atoms with Crippen LogP contribution in [-0.4, -0.2) is 18.3 Å². The molecule has 6 nitrogen and oxygen atoms in total. The van der Waals surface area contributed by atoms with Crippen molar-refractivity contribution in [2.24, 2.45) is 27.2 Å². The second-order valence-corrected chi connectivity index (χ2v) is 4.08. The van der Waals surface area contributed by atoms with Gasteiger partial charge in [-0.05, 0) is 18.2 Å². The molecule has 0 atom stereocenters. The van der Waals surface area contributed by atoms with Gasteiger partial charge in [-0.1, -0.05) is 15.9 Å². The Labute approximate surface area is 114 Å². The Morgan fingerprint density at radius 1 is 1.21 bits per heavy atom. The molecule has 0 aliphatic rings. The second kappa shape index (κ2) is 5.78. The first-order valence-electron chi connectivity index (χ1n) is 4.66. The lowest BCUT2D eigenvalue weighted by Gasteiger charge is -2.11. The SMILES string of the molecule is NC(N)=NC(N)=Nc1ccc(Br)cc1OC(F)(F)F. The van der Waals surface area contributed by atoms with E-state index < -0.39 is 18.1 Å². The number of nitrogens with two attached hydrogens (primary N) is 3. The lowest BCUT2D eigenvalue weighted by Crippen LogP contribution is -2.26. The number of aliphatic imine (C=N–C) groups is 2. The van der Waals surface area contributed by atoms with Crippen LogP contribution in [0.2, 0.25) is 0 Å². The van der Waals surface area contributed by atoms with Gasteiger partial charge in [0.2, 0.25) is 5.96 Å². The molecule has 0 amide bonds. The highest BCUT2D eigenvalue weighted by Crippen LogP contribution is 2.34. The molecule has 10 heteroatoms. The normalized spacial score (nSPS) is 12.1. The first kappa shape index (κ1) is 15.1. The van der Waals surface area contributed by atoms with Crippen LogP contribution in [0.4, 0.5) is 18.9 Å². The first-order valence-corrected chi connectivity index (χ1v) is 5.46. The number of nitrogens with zero attached hydrogens (tertiary/aromatic N) is 2. The van der Waals surface area contributed by atoms with Gasteiger partial charge in [-0.25, -0.2) is 4.99 Å². The predicted octanol–water partition coefficient (Wildman–Crippen LogP) is 1.57. The van der Waals surface area contributed by atoms with Crippen molar-refractivity contribution in [1.29, 1.82) is 0 Å². The minimum Gasteiger partial charge on any atom is -0.403 e. The molecular weight excluding hydrogens is 331 g/mol. The molecule has 1 aromatic rings. The lowest BCUT2D eigenvalue weighted by molar-refractivity contribution is -0.274. The Morgan fingerprint density at radius 2 is 1.84 bits per heavy atom. The number of rotatable bonds is 2. The molecule has 1 rings (SSSR count). The van der Waals surface area contributed by atoms with Crippen LogP contribution in [0.1, 0.15) is 0 Å². The van der Waals surface area contributed by atoms with E-state index in [4.69, 9.17) is 17.2 Å². The van der Waals surface area contributed by atoms with Crippen LogP contribution in [-0.2, 0) is 0 Å². The maximum absolute atomic E-state index is 12.2. The highest BCUT2D eigenvalue weighted by atomic mass is 79.9. The van der Waals surface area contributed by atoms with Gasteiger partial charge in [-0.3, -0.25) is 0 Å². The fraction of sp³-hybridized carbons (Fsp3) is 0.111. The van der Waals surface area contributed by atoms with Gasteiger partial charge in [0.15, 0.2) is 11.7 Å². The molecule has 0 aliphatic carbocycles. The van der Waals surface area contributed by atoms with Gasteiger partial charge in [0.05, 0.1) is 0 Å². The van der Waals surface area contributed by atoms with Crippen LogP contribution in [0.25, 0.3) is 0 Å². The molecule has 0 bridgehead atoms.